The molecule has 1 N–H and O–H groups in total. The highest BCUT2D eigenvalue weighted by molar-refractivity contribution is 7.96. The minimum Gasteiger partial charge on any atom is -0.376 e. The molecule has 1 fully saturated rings. The van der Waals surface area contributed by atoms with Gasteiger partial charge in [-0.3, -0.25) is 0 Å². The first-order chi connectivity index (χ1) is 17.3. The second-order valence-electron chi connectivity index (χ2n) is 9.25. The highest BCUT2D eigenvalue weighted by Gasteiger charge is 2.51. The summed E-state index contributed by atoms with van der Waals surface area (Å²) in [5.74, 6) is -0.424. The summed E-state index contributed by atoms with van der Waals surface area (Å²) in [7, 11) is -3.87. The fourth-order valence-corrected chi connectivity index (χ4v) is 6.60. The van der Waals surface area contributed by atoms with Crippen molar-refractivity contribution in [2.45, 2.75) is 37.6 Å². The highest BCUT2D eigenvalue weighted by Crippen LogP contribution is 2.39. The van der Waals surface area contributed by atoms with Gasteiger partial charge >= 0.3 is 6.18 Å². The van der Waals surface area contributed by atoms with Gasteiger partial charge in [0.1, 0.15) is 5.82 Å². The molecule has 2 atom stereocenters. The molecule has 1 heterocycles. The minimum absolute atomic E-state index is 0.0739. The topological polar surface area (TPSA) is 60.9 Å². The molecular formula is C26H26F4N2O3S2. The van der Waals surface area contributed by atoms with Crippen molar-refractivity contribution in [2.24, 2.45) is 0 Å². The van der Waals surface area contributed by atoms with Crippen LogP contribution in [-0.2, 0) is 22.0 Å². The lowest BCUT2D eigenvalue weighted by atomic mass is 9.94. The van der Waals surface area contributed by atoms with Crippen LogP contribution in [0.15, 0.2) is 71.7 Å². The Morgan fingerprint density at radius 2 is 1.81 bits per heavy atom. The summed E-state index contributed by atoms with van der Waals surface area (Å²) >= 11 is 5.28. The first-order valence-electron chi connectivity index (χ1n) is 11.6. The van der Waals surface area contributed by atoms with Crippen LogP contribution < -0.4 is 4.90 Å². The van der Waals surface area contributed by atoms with Crippen molar-refractivity contribution in [2.75, 3.05) is 24.5 Å². The van der Waals surface area contributed by atoms with Gasteiger partial charge in [-0.2, -0.15) is 17.5 Å². The SMILES string of the molecule is C[C@@](O)(c1ccc(N2CCN(S(=O)(=O)C3=CC=CCC3=S)C[C@H]2Cc2cccc(F)c2)cc1)C(F)(F)F. The molecule has 0 amide bonds. The van der Waals surface area contributed by atoms with E-state index in [-0.39, 0.29) is 30.1 Å². The molecule has 1 aliphatic heterocycles. The summed E-state index contributed by atoms with van der Waals surface area (Å²) in [6.45, 7) is 1.15. The van der Waals surface area contributed by atoms with Gasteiger partial charge in [0.2, 0.25) is 10.0 Å². The summed E-state index contributed by atoms with van der Waals surface area (Å²) in [5.41, 5.74) is -2.10. The van der Waals surface area contributed by atoms with Gasteiger partial charge in [-0.05, 0) is 54.8 Å². The summed E-state index contributed by atoms with van der Waals surface area (Å²) in [5, 5.41) is 10.00. The smallest absolute Gasteiger partial charge is 0.376 e. The maximum atomic E-state index is 13.9. The normalized spacial score (nSPS) is 21.0. The van der Waals surface area contributed by atoms with E-state index in [0.717, 1.165) is 0 Å². The molecule has 1 aliphatic carbocycles. The van der Waals surface area contributed by atoms with Gasteiger partial charge in [0.05, 0.1) is 4.91 Å². The molecule has 5 nitrogen and oxygen atoms in total. The summed E-state index contributed by atoms with van der Waals surface area (Å²) in [6, 6.07) is 10.9. The lowest BCUT2D eigenvalue weighted by Crippen LogP contribution is -2.56. The van der Waals surface area contributed by atoms with Crippen molar-refractivity contribution >= 4 is 32.8 Å². The average molecular weight is 555 g/mol. The average Bonchev–Trinajstić information content (AvgIpc) is 2.83. The number of benzene rings is 2. The van der Waals surface area contributed by atoms with Gasteiger partial charge in [-0.25, -0.2) is 12.8 Å². The van der Waals surface area contributed by atoms with Crippen molar-refractivity contribution in [1.82, 2.24) is 4.31 Å². The third kappa shape index (κ3) is 5.64. The molecular weight excluding hydrogens is 528 g/mol. The molecule has 1 saturated heterocycles. The molecule has 0 spiro atoms. The fraction of sp³-hybridized carbons (Fsp3) is 0.346. The predicted molar refractivity (Wildman–Crippen MR) is 138 cm³/mol. The van der Waals surface area contributed by atoms with Crippen LogP contribution in [-0.4, -0.2) is 54.5 Å². The van der Waals surface area contributed by atoms with E-state index in [1.807, 2.05) is 4.90 Å². The van der Waals surface area contributed by atoms with Crippen molar-refractivity contribution in [3.05, 3.63) is 88.6 Å². The standard InChI is InChI=1S/C26H26F4N2O3S2/c1-25(33,26(28,29)30)19-9-11-21(12-10-19)32-14-13-31(37(34,35)24-8-3-2-7-23(24)36)17-22(32)16-18-5-4-6-20(27)15-18/h2-6,8-12,15,22,33H,7,13-14,16-17H2,1H3/t22-,25-/m1/s1. The molecule has 11 heteroatoms. The van der Waals surface area contributed by atoms with E-state index in [0.29, 0.717) is 35.9 Å². The number of rotatable bonds is 6. The molecule has 0 bridgehead atoms. The summed E-state index contributed by atoms with van der Waals surface area (Å²) < 4.78 is 81.9. The number of halogens is 4. The first-order valence-corrected chi connectivity index (χ1v) is 13.5. The number of nitrogens with zero attached hydrogens (tertiary/aromatic N) is 2. The zero-order valence-corrected chi connectivity index (χ0v) is 21.6. The fourth-order valence-electron chi connectivity index (χ4n) is 4.53. The zero-order valence-electron chi connectivity index (χ0n) is 20.0. The number of hydrogen-bond donors (Lipinski definition) is 1. The van der Waals surface area contributed by atoms with Gasteiger partial charge in [0.15, 0.2) is 5.60 Å². The lowest BCUT2D eigenvalue weighted by molar-refractivity contribution is -0.258. The van der Waals surface area contributed by atoms with Crippen molar-refractivity contribution in [1.29, 1.82) is 0 Å². The van der Waals surface area contributed by atoms with Crippen LogP contribution in [0.25, 0.3) is 0 Å². The Labute approximate surface area is 218 Å². The Morgan fingerprint density at radius 1 is 1.11 bits per heavy atom. The summed E-state index contributed by atoms with van der Waals surface area (Å²) in [4.78, 5) is 2.32. The number of thiocarbonyl (C=S) groups is 1. The van der Waals surface area contributed by atoms with Crippen LogP contribution in [0.2, 0.25) is 0 Å². The van der Waals surface area contributed by atoms with E-state index in [4.69, 9.17) is 12.2 Å². The summed E-state index contributed by atoms with van der Waals surface area (Å²) in [6.07, 6.45) is 0.737. The molecule has 2 aliphatic rings. The van der Waals surface area contributed by atoms with E-state index in [9.17, 15) is 31.1 Å². The van der Waals surface area contributed by atoms with E-state index in [1.165, 1.54) is 46.8 Å². The molecule has 4 rings (SSSR count). The molecule has 198 valence electrons. The van der Waals surface area contributed by atoms with Crippen LogP contribution in [0, 0.1) is 5.82 Å². The molecule has 0 aromatic heterocycles. The Bertz CT molecular complexity index is 1340. The second-order valence-corrected chi connectivity index (χ2v) is 11.6. The largest absolute Gasteiger partial charge is 0.421 e. The Kier molecular flexibility index (Phi) is 7.62. The van der Waals surface area contributed by atoms with Crippen LogP contribution in [0.5, 0.6) is 0 Å². The quantitative estimate of drug-likeness (QED) is 0.408. The maximum absolute atomic E-state index is 13.9. The second kappa shape index (κ2) is 10.3. The molecule has 2 aromatic carbocycles. The van der Waals surface area contributed by atoms with Crippen molar-refractivity contribution in [3.63, 3.8) is 0 Å². The number of alkyl halides is 3. The number of allylic oxidation sites excluding steroid dienone is 4. The zero-order chi connectivity index (χ0) is 27.0. The van der Waals surface area contributed by atoms with Crippen molar-refractivity contribution in [3.8, 4) is 0 Å². The van der Waals surface area contributed by atoms with Gasteiger partial charge < -0.3 is 10.0 Å². The van der Waals surface area contributed by atoms with Crippen LogP contribution in [0.4, 0.5) is 23.2 Å². The Hall–Kier alpha value is -2.60. The van der Waals surface area contributed by atoms with Gasteiger partial charge in [-0.1, -0.05) is 48.6 Å². The number of anilines is 1. The number of aliphatic hydroxyl groups is 1. The molecule has 2 aromatic rings. The maximum Gasteiger partial charge on any atom is 0.421 e. The third-order valence-corrected chi connectivity index (χ3v) is 9.16. The molecule has 0 saturated carbocycles. The third-order valence-electron chi connectivity index (χ3n) is 6.70. The van der Waals surface area contributed by atoms with Crippen LogP contribution >= 0.6 is 12.2 Å². The van der Waals surface area contributed by atoms with Crippen LogP contribution in [0.1, 0.15) is 24.5 Å². The highest BCUT2D eigenvalue weighted by atomic mass is 32.2. The van der Waals surface area contributed by atoms with E-state index in [2.05, 4.69) is 0 Å². The van der Waals surface area contributed by atoms with Crippen LogP contribution in [0.3, 0.4) is 0 Å². The van der Waals surface area contributed by atoms with Gasteiger partial charge in [-0.15, -0.1) is 0 Å². The lowest BCUT2D eigenvalue weighted by Gasteiger charge is -2.43. The Balaban J connectivity index is 1.65. The van der Waals surface area contributed by atoms with Gasteiger partial charge in [0.25, 0.3) is 0 Å². The monoisotopic (exact) mass is 554 g/mol. The predicted octanol–water partition coefficient (Wildman–Crippen LogP) is 4.87. The number of piperazine rings is 1. The number of hydrogen-bond acceptors (Lipinski definition) is 5. The molecule has 0 radical (unpaired) electrons. The minimum atomic E-state index is -4.85. The first kappa shape index (κ1) is 27.4. The van der Waals surface area contributed by atoms with E-state index < -0.39 is 33.7 Å². The number of sulfonamides is 1. The van der Waals surface area contributed by atoms with E-state index >= 15 is 0 Å². The van der Waals surface area contributed by atoms with Gasteiger partial charge in [0, 0.05) is 42.6 Å². The van der Waals surface area contributed by atoms with Crippen molar-refractivity contribution < 1.29 is 31.1 Å². The Morgan fingerprint density at radius 3 is 2.43 bits per heavy atom. The molecule has 37 heavy (non-hydrogen) atoms. The van der Waals surface area contributed by atoms with E-state index in [1.54, 1.807) is 24.3 Å². The molecule has 0 unspecified atom stereocenters.